The second kappa shape index (κ2) is 10.7. The van der Waals surface area contributed by atoms with Gasteiger partial charge in [-0.05, 0) is 35.1 Å². The second-order valence-electron chi connectivity index (χ2n) is 8.78. The Hall–Kier alpha value is -3.39. The van der Waals surface area contributed by atoms with Gasteiger partial charge in [-0.2, -0.15) is 0 Å². The standard InChI is InChI=1S/C26H30N2O6/c1-33-23(25(30)31)14-27-24(29)20-12-6-7-13-22(20)28-26(32)34-15-21-18-10-4-2-8-16(18)17-9-3-5-11-19(17)21/h2-5,8-11,20-23H,6-7,12-15H2,1H3,(H,27,29)(H,28,32)(H,30,31)/t20-,22+,23?/m1/s1. The number of methoxy groups -OCH3 is 1. The van der Waals surface area contributed by atoms with Crippen LogP contribution in [0, 0.1) is 5.92 Å². The van der Waals surface area contributed by atoms with E-state index in [0.29, 0.717) is 12.8 Å². The van der Waals surface area contributed by atoms with Crippen molar-refractivity contribution in [2.24, 2.45) is 5.92 Å². The molecule has 0 radical (unpaired) electrons. The number of alkyl carbamates (subject to hydrolysis) is 1. The van der Waals surface area contributed by atoms with E-state index < -0.39 is 24.1 Å². The van der Waals surface area contributed by atoms with Crippen LogP contribution in [0.1, 0.15) is 42.7 Å². The molecular formula is C26H30N2O6. The average Bonchev–Trinajstić information content (AvgIpc) is 3.17. The summed E-state index contributed by atoms with van der Waals surface area (Å²) in [6, 6.07) is 15.9. The molecule has 0 heterocycles. The lowest BCUT2D eigenvalue weighted by Crippen LogP contribution is -2.50. The minimum Gasteiger partial charge on any atom is -0.479 e. The Bertz CT molecular complexity index is 1010. The molecule has 1 fully saturated rings. The highest BCUT2D eigenvalue weighted by atomic mass is 16.5. The molecule has 2 aliphatic carbocycles. The van der Waals surface area contributed by atoms with E-state index in [-0.39, 0.29) is 31.0 Å². The first-order valence-electron chi connectivity index (χ1n) is 11.6. The van der Waals surface area contributed by atoms with Crippen LogP contribution in [0.2, 0.25) is 0 Å². The number of benzene rings is 2. The van der Waals surface area contributed by atoms with E-state index in [4.69, 9.17) is 14.6 Å². The topological polar surface area (TPSA) is 114 Å². The molecule has 3 N–H and O–H groups in total. The Morgan fingerprint density at radius 1 is 1.00 bits per heavy atom. The quantitative estimate of drug-likeness (QED) is 0.550. The normalized spacial score (nSPS) is 20.0. The van der Waals surface area contributed by atoms with Crippen LogP contribution in [-0.2, 0) is 19.1 Å². The van der Waals surface area contributed by atoms with Crippen molar-refractivity contribution < 1.29 is 29.0 Å². The lowest BCUT2D eigenvalue weighted by atomic mass is 9.84. The number of amides is 2. The van der Waals surface area contributed by atoms with Crippen LogP contribution in [-0.4, -0.2) is 55.5 Å². The van der Waals surface area contributed by atoms with Crippen molar-refractivity contribution in [1.29, 1.82) is 0 Å². The van der Waals surface area contributed by atoms with Crippen molar-refractivity contribution in [3.8, 4) is 11.1 Å². The molecule has 3 atom stereocenters. The molecule has 0 spiro atoms. The summed E-state index contributed by atoms with van der Waals surface area (Å²) in [6.45, 7) is 0.0798. The average molecular weight is 467 g/mol. The smallest absolute Gasteiger partial charge is 0.407 e. The molecule has 1 saturated carbocycles. The molecule has 180 valence electrons. The number of aliphatic carboxylic acids is 1. The number of hydrogen-bond acceptors (Lipinski definition) is 5. The first-order chi connectivity index (χ1) is 16.5. The number of fused-ring (bicyclic) bond motifs is 3. The summed E-state index contributed by atoms with van der Waals surface area (Å²) >= 11 is 0. The molecule has 8 heteroatoms. The first kappa shape index (κ1) is 23.8. The van der Waals surface area contributed by atoms with Gasteiger partial charge >= 0.3 is 12.1 Å². The van der Waals surface area contributed by atoms with E-state index in [9.17, 15) is 14.4 Å². The zero-order chi connectivity index (χ0) is 24.1. The number of ether oxygens (including phenoxy) is 2. The van der Waals surface area contributed by atoms with Crippen molar-refractivity contribution in [2.75, 3.05) is 20.3 Å². The maximum atomic E-state index is 12.7. The predicted octanol–water partition coefficient (Wildman–Crippen LogP) is 3.30. The van der Waals surface area contributed by atoms with Crippen molar-refractivity contribution in [3.63, 3.8) is 0 Å². The van der Waals surface area contributed by atoms with E-state index in [0.717, 1.165) is 35.1 Å². The van der Waals surface area contributed by atoms with Crippen LogP contribution in [0.4, 0.5) is 4.79 Å². The Kier molecular flexibility index (Phi) is 7.47. The summed E-state index contributed by atoms with van der Waals surface area (Å²) in [5.41, 5.74) is 4.59. The molecule has 2 aromatic carbocycles. The largest absolute Gasteiger partial charge is 0.479 e. The maximum absolute atomic E-state index is 12.7. The van der Waals surface area contributed by atoms with Gasteiger partial charge in [0.15, 0.2) is 6.10 Å². The van der Waals surface area contributed by atoms with E-state index >= 15 is 0 Å². The van der Waals surface area contributed by atoms with Crippen molar-refractivity contribution >= 4 is 18.0 Å². The predicted molar refractivity (Wildman–Crippen MR) is 125 cm³/mol. The van der Waals surface area contributed by atoms with Gasteiger partial charge in [-0.25, -0.2) is 9.59 Å². The molecule has 0 saturated heterocycles. The van der Waals surface area contributed by atoms with Gasteiger partial charge in [-0.15, -0.1) is 0 Å². The minimum absolute atomic E-state index is 0.0365. The Morgan fingerprint density at radius 2 is 1.62 bits per heavy atom. The molecule has 0 bridgehead atoms. The van der Waals surface area contributed by atoms with Crippen LogP contribution < -0.4 is 10.6 Å². The van der Waals surface area contributed by atoms with Crippen LogP contribution in [0.25, 0.3) is 11.1 Å². The van der Waals surface area contributed by atoms with Gasteiger partial charge in [-0.1, -0.05) is 61.4 Å². The van der Waals surface area contributed by atoms with Crippen molar-refractivity contribution in [1.82, 2.24) is 10.6 Å². The number of carbonyl (C=O) groups is 3. The SMILES string of the molecule is COC(CNC(=O)[C@@H]1CCCC[C@@H]1NC(=O)OCC1c2ccccc2-c2ccccc21)C(=O)O. The molecule has 0 aromatic heterocycles. The lowest BCUT2D eigenvalue weighted by Gasteiger charge is -2.31. The van der Waals surface area contributed by atoms with Crippen LogP contribution in [0.3, 0.4) is 0 Å². The molecule has 2 aromatic rings. The van der Waals surface area contributed by atoms with Gasteiger partial charge in [0.25, 0.3) is 0 Å². The monoisotopic (exact) mass is 466 g/mol. The van der Waals surface area contributed by atoms with Gasteiger partial charge in [-0.3, -0.25) is 4.79 Å². The third kappa shape index (κ3) is 5.07. The highest BCUT2D eigenvalue weighted by molar-refractivity contribution is 5.82. The van der Waals surface area contributed by atoms with E-state index in [1.807, 2.05) is 24.3 Å². The number of nitrogens with one attached hydrogen (secondary N) is 2. The highest BCUT2D eigenvalue weighted by Crippen LogP contribution is 2.44. The van der Waals surface area contributed by atoms with Gasteiger partial charge in [0.1, 0.15) is 6.61 Å². The fourth-order valence-corrected chi connectivity index (χ4v) is 5.00. The van der Waals surface area contributed by atoms with Crippen LogP contribution in [0.5, 0.6) is 0 Å². The minimum atomic E-state index is -1.14. The molecule has 1 unspecified atom stereocenters. The molecule has 2 amide bonds. The molecular weight excluding hydrogens is 436 g/mol. The highest BCUT2D eigenvalue weighted by Gasteiger charge is 2.34. The number of carbonyl (C=O) groups excluding carboxylic acids is 2. The summed E-state index contributed by atoms with van der Waals surface area (Å²) < 4.78 is 10.5. The van der Waals surface area contributed by atoms with Crippen molar-refractivity contribution in [3.05, 3.63) is 59.7 Å². The fourth-order valence-electron chi connectivity index (χ4n) is 5.00. The molecule has 2 aliphatic rings. The summed E-state index contributed by atoms with van der Waals surface area (Å²) in [5.74, 6) is -1.90. The van der Waals surface area contributed by atoms with Crippen LogP contribution in [0.15, 0.2) is 48.5 Å². The second-order valence-corrected chi connectivity index (χ2v) is 8.78. The first-order valence-corrected chi connectivity index (χ1v) is 11.6. The third-order valence-electron chi connectivity index (χ3n) is 6.77. The van der Waals surface area contributed by atoms with E-state index in [1.165, 1.54) is 7.11 Å². The summed E-state index contributed by atoms with van der Waals surface area (Å²) in [6.07, 6.45) is 1.38. The summed E-state index contributed by atoms with van der Waals surface area (Å²) in [7, 11) is 1.28. The van der Waals surface area contributed by atoms with E-state index in [2.05, 4.69) is 34.9 Å². The summed E-state index contributed by atoms with van der Waals surface area (Å²) in [5, 5.41) is 14.6. The Labute approximate surface area is 198 Å². The van der Waals surface area contributed by atoms with Crippen molar-refractivity contribution in [2.45, 2.75) is 43.7 Å². The molecule has 0 aliphatic heterocycles. The molecule has 8 nitrogen and oxygen atoms in total. The maximum Gasteiger partial charge on any atom is 0.407 e. The Balaban J connectivity index is 1.36. The van der Waals surface area contributed by atoms with Crippen LogP contribution >= 0.6 is 0 Å². The van der Waals surface area contributed by atoms with Gasteiger partial charge in [0.2, 0.25) is 5.91 Å². The molecule has 34 heavy (non-hydrogen) atoms. The lowest BCUT2D eigenvalue weighted by molar-refractivity contribution is -0.148. The number of hydrogen-bond donors (Lipinski definition) is 3. The Morgan fingerprint density at radius 3 is 2.24 bits per heavy atom. The van der Waals surface area contributed by atoms with E-state index in [1.54, 1.807) is 0 Å². The molecule has 4 rings (SSSR count). The number of carboxylic acid groups (broad SMARTS) is 1. The number of carboxylic acids is 1. The fraction of sp³-hybridized carbons (Fsp3) is 0.423. The van der Waals surface area contributed by atoms with Gasteiger partial charge < -0.3 is 25.2 Å². The third-order valence-corrected chi connectivity index (χ3v) is 6.77. The zero-order valence-corrected chi connectivity index (χ0v) is 19.2. The number of rotatable bonds is 8. The zero-order valence-electron chi connectivity index (χ0n) is 19.2. The van der Waals surface area contributed by atoms with Gasteiger partial charge in [0.05, 0.1) is 12.5 Å². The van der Waals surface area contributed by atoms with Gasteiger partial charge in [0, 0.05) is 19.1 Å². The summed E-state index contributed by atoms with van der Waals surface area (Å²) in [4.78, 5) is 36.5.